The SMILES string of the molecule is CC(=O)N[C@H]1C[C@H](NS)C1. The maximum Gasteiger partial charge on any atom is 0.217 e. The lowest BCUT2D eigenvalue weighted by Crippen LogP contribution is -2.49. The van der Waals surface area contributed by atoms with Gasteiger partial charge in [-0.3, -0.25) is 9.52 Å². The molecule has 0 saturated heterocycles. The molecule has 2 N–H and O–H groups in total. The van der Waals surface area contributed by atoms with Crippen LogP contribution in [0.4, 0.5) is 0 Å². The lowest BCUT2D eigenvalue weighted by Gasteiger charge is -2.34. The van der Waals surface area contributed by atoms with Gasteiger partial charge in [0.25, 0.3) is 0 Å². The largest absolute Gasteiger partial charge is 0.353 e. The summed E-state index contributed by atoms with van der Waals surface area (Å²) in [5, 5.41) is 2.83. The van der Waals surface area contributed by atoms with Crippen LogP contribution in [0.1, 0.15) is 19.8 Å². The molecule has 1 saturated carbocycles. The number of thiol groups is 1. The molecule has 0 atom stereocenters. The third kappa shape index (κ3) is 1.88. The average Bonchev–Trinajstić information content (AvgIpc) is 1.76. The Morgan fingerprint density at radius 3 is 2.50 bits per heavy atom. The van der Waals surface area contributed by atoms with Crippen molar-refractivity contribution in [1.82, 2.24) is 10.0 Å². The van der Waals surface area contributed by atoms with E-state index in [9.17, 15) is 4.79 Å². The summed E-state index contributed by atoms with van der Waals surface area (Å²) in [4.78, 5) is 10.5. The first kappa shape index (κ1) is 7.88. The first-order valence-corrected chi connectivity index (χ1v) is 3.84. The van der Waals surface area contributed by atoms with Crippen molar-refractivity contribution >= 4 is 18.7 Å². The van der Waals surface area contributed by atoms with Crippen LogP contribution in [-0.2, 0) is 4.79 Å². The van der Waals surface area contributed by atoms with Crippen LogP contribution in [0.5, 0.6) is 0 Å². The first-order valence-electron chi connectivity index (χ1n) is 3.39. The normalized spacial score (nSPS) is 31.0. The van der Waals surface area contributed by atoms with Crippen molar-refractivity contribution in [3.63, 3.8) is 0 Å². The van der Waals surface area contributed by atoms with E-state index in [-0.39, 0.29) is 5.91 Å². The molecular weight excluding hydrogens is 148 g/mol. The maximum atomic E-state index is 10.5. The molecule has 1 aliphatic carbocycles. The predicted molar refractivity (Wildman–Crippen MR) is 42.7 cm³/mol. The van der Waals surface area contributed by atoms with Gasteiger partial charge < -0.3 is 5.32 Å². The van der Waals surface area contributed by atoms with Crippen molar-refractivity contribution in [2.75, 3.05) is 0 Å². The summed E-state index contributed by atoms with van der Waals surface area (Å²) in [6.45, 7) is 1.54. The minimum Gasteiger partial charge on any atom is -0.353 e. The summed E-state index contributed by atoms with van der Waals surface area (Å²) in [5.74, 6) is 0.0580. The molecule has 10 heavy (non-hydrogen) atoms. The molecular formula is C6H12N2OS. The number of nitrogens with one attached hydrogen (secondary N) is 2. The lowest BCUT2D eigenvalue weighted by atomic mass is 9.88. The minimum atomic E-state index is 0.0580. The molecule has 1 aliphatic rings. The molecule has 0 spiro atoms. The summed E-state index contributed by atoms with van der Waals surface area (Å²) in [6.07, 6.45) is 2.01. The third-order valence-corrected chi connectivity index (χ3v) is 2.09. The monoisotopic (exact) mass is 160 g/mol. The smallest absolute Gasteiger partial charge is 0.217 e. The Bertz CT molecular complexity index is 134. The van der Waals surface area contributed by atoms with E-state index in [2.05, 4.69) is 22.9 Å². The molecule has 1 rings (SSSR count). The van der Waals surface area contributed by atoms with E-state index in [4.69, 9.17) is 0 Å². The first-order chi connectivity index (χ1) is 4.72. The van der Waals surface area contributed by atoms with Crippen molar-refractivity contribution < 1.29 is 4.79 Å². The van der Waals surface area contributed by atoms with E-state index in [1.54, 1.807) is 6.92 Å². The van der Waals surface area contributed by atoms with Crippen molar-refractivity contribution in [1.29, 1.82) is 0 Å². The van der Waals surface area contributed by atoms with Crippen LogP contribution >= 0.6 is 12.8 Å². The Morgan fingerprint density at radius 1 is 1.50 bits per heavy atom. The van der Waals surface area contributed by atoms with E-state index in [1.807, 2.05) is 0 Å². The Morgan fingerprint density at radius 2 is 2.10 bits per heavy atom. The van der Waals surface area contributed by atoms with Gasteiger partial charge in [0.1, 0.15) is 0 Å². The van der Waals surface area contributed by atoms with Gasteiger partial charge in [0.05, 0.1) is 0 Å². The molecule has 0 unspecified atom stereocenters. The van der Waals surface area contributed by atoms with Gasteiger partial charge in [0, 0.05) is 19.0 Å². The quantitative estimate of drug-likeness (QED) is 0.501. The molecule has 0 heterocycles. The second kappa shape index (κ2) is 3.25. The van der Waals surface area contributed by atoms with E-state index in [0.29, 0.717) is 12.1 Å². The predicted octanol–water partition coefficient (Wildman–Crippen LogP) is 0.0879. The van der Waals surface area contributed by atoms with Crippen molar-refractivity contribution in [3.05, 3.63) is 0 Å². The molecule has 58 valence electrons. The lowest BCUT2D eigenvalue weighted by molar-refractivity contribution is -0.120. The minimum absolute atomic E-state index is 0.0580. The zero-order valence-electron chi connectivity index (χ0n) is 5.92. The van der Waals surface area contributed by atoms with E-state index in [1.165, 1.54) is 0 Å². The maximum absolute atomic E-state index is 10.5. The van der Waals surface area contributed by atoms with Gasteiger partial charge in [0.2, 0.25) is 5.91 Å². The van der Waals surface area contributed by atoms with Gasteiger partial charge in [-0.05, 0) is 12.8 Å². The van der Waals surface area contributed by atoms with E-state index in [0.717, 1.165) is 12.8 Å². The van der Waals surface area contributed by atoms with Gasteiger partial charge in [-0.15, -0.1) is 0 Å². The Labute approximate surface area is 66.1 Å². The number of hydrogen-bond donors (Lipinski definition) is 3. The molecule has 0 aromatic carbocycles. The molecule has 0 bridgehead atoms. The zero-order chi connectivity index (χ0) is 7.56. The van der Waals surface area contributed by atoms with Crippen LogP contribution in [0, 0.1) is 0 Å². The number of carbonyl (C=O) groups is 1. The van der Waals surface area contributed by atoms with Crippen LogP contribution < -0.4 is 10.0 Å². The highest BCUT2D eigenvalue weighted by molar-refractivity contribution is 7.78. The molecule has 0 aliphatic heterocycles. The van der Waals surface area contributed by atoms with Crippen molar-refractivity contribution in [3.8, 4) is 0 Å². The molecule has 0 aromatic rings. The topological polar surface area (TPSA) is 41.1 Å². The van der Waals surface area contributed by atoms with Crippen LogP contribution in [0.25, 0.3) is 0 Å². The molecule has 0 radical (unpaired) electrons. The Kier molecular flexibility index (Phi) is 2.56. The standard InChI is InChI=1S/C6H12N2OS/c1-4(9)7-5-2-6(3-5)8-10/h5-6,8,10H,2-3H2,1H3,(H,7,9)/t5-,6-. The third-order valence-electron chi connectivity index (χ3n) is 1.73. The van der Waals surface area contributed by atoms with E-state index >= 15 is 0 Å². The summed E-state index contributed by atoms with van der Waals surface area (Å²) in [5.41, 5.74) is 0. The van der Waals surface area contributed by atoms with Crippen LogP contribution in [0.3, 0.4) is 0 Å². The fourth-order valence-electron chi connectivity index (χ4n) is 1.13. The fraction of sp³-hybridized carbons (Fsp3) is 0.833. The second-order valence-electron chi connectivity index (χ2n) is 2.69. The number of rotatable bonds is 2. The van der Waals surface area contributed by atoms with Gasteiger partial charge in [-0.2, -0.15) is 0 Å². The second-order valence-corrected chi connectivity index (χ2v) is 2.95. The zero-order valence-corrected chi connectivity index (χ0v) is 6.82. The highest BCUT2D eigenvalue weighted by atomic mass is 32.1. The number of hydrogen-bond acceptors (Lipinski definition) is 3. The van der Waals surface area contributed by atoms with Crippen LogP contribution in [0.15, 0.2) is 0 Å². The summed E-state index contributed by atoms with van der Waals surface area (Å²) >= 11 is 3.92. The fourth-order valence-corrected chi connectivity index (χ4v) is 1.34. The van der Waals surface area contributed by atoms with Crippen LogP contribution in [-0.4, -0.2) is 18.0 Å². The molecule has 1 amide bonds. The molecule has 4 heteroatoms. The van der Waals surface area contributed by atoms with E-state index < -0.39 is 0 Å². The van der Waals surface area contributed by atoms with Gasteiger partial charge in [-0.25, -0.2) is 0 Å². The number of carbonyl (C=O) groups excluding carboxylic acids is 1. The average molecular weight is 160 g/mol. The Hall–Kier alpha value is -0.220. The number of amides is 1. The van der Waals surface area contributed by atoms with Gasteiger partial charge in [-0.1, -0.05) is 12.8 Å². The Balaban J connectivity index is 2.08. The molecule has 0 aromatic heterocycles. The van der Waals surface area contributed by atoms with Gasteiger partial charge >= 0.3 is 0 Å². The van der Waals surface area contributed by atoms with Crippen LogP contribution in [0.2, 0.25) is 0 Å². The highest BCUT2D eigenvalue weighted by Crippen LogP contribution is 2.19. The summed E-state index contributed by atoms with van der Waals surface area (Å²) < 4.78 is 2.85. The molecule has 3 nitrogen and oxygen atoms in total. The van der Waals surface area contributed by atoms with Crippen molar-refractivity contribution in [2.45, 2.75) is 31.8 Å². The van der Waals surface area contributed by atoms with Gasteiger partial charge in [0.15, 0.2) is 0 Å². The molecule has 1 fully saturated rings. The highest BCUT2D eigenvalue weighted by Gasteiger charge is 2.28. The summed E-state index contributed by atoms with van der Waals surface area (Å²) in [6, 6.07) is 0.863. The van der Waals surface area contributed by atoms with Crippen molar-refractivity contribution in [2.24, 2.45) is 0 Å². The summed E-state index contributed by atoms with van der Waals surface area (Å²) in [7, 11) is 0.